The molecular weight excluding hydrogens is 370 g/mol. The number of hydrogen-bond donors (Lipinski definition) is 1. The van der Waals surface area contributed by atoms with Gasteiger partial charge in [-0.3, -0.25) is 9.69 Å². The number of hydrogen-bond acceptors (Lipinski definition) is 3. The van der Waals surface area contributed by atoms with E-state index in [9.17, 15) is 4.79 Å². The molecule has 0 spiro atoms. The van der Waals surface area contributed by atoms with Gasteiger partial charge in [-0.2, -0.15) is 0 Å². The summed E-state index contributed by atoms with van der Waals surface area (Å²) in [5.74, 6) is -0.0135. The monoisotopic (exact) mass is 397 g/mol. The fraction of sp³-hybridized carbons (Fsp3) is 0.435. The third kappa shape index (κ3) is 4.40. The summed E-state index contributed by atoms with van der Waals surface area (Å²) in [4.78, 5) is 17.7. The van der Waals surface area contributed by atoms with Crippen molar-refractivity contribution in [2.24, 2.45) is 0 Å². The Hall–Kier alpha value is -1.88. The molecule has 1 heterocycles. The van der Waals surface area contributed by atoms with Crippen molar-refractivity contribution < 1.29 is 4.79 Å². The van der Waals surface area contributed by atoms with Gasteiger partial charge in [-0.1, -0.05) is 29.8 Å². The second-order valence-corrected chi connectivity index (χ2v) is 8.41. The smallest absolute Gasteiger partial charge is 0.251 e. The maximum Gasteiger partial charge on any atom is 0.251 e. The van der Waals surface area contributed by atoms with Crippen molar-refractivity contribution in [3.63, 3.8) is 0 Å². The Bertz CT molecular complexity index is 828. The van der Waals surface area contributed by atoms with Gasteiger partial charge >= 0.3 is 0 Å². The molecule has 2 aromatic rings. The highest BCUT2D eigenvalue weighted by Crippen LogP contribution is 2.35. The van der Waals surface area contributed by atoms with E-state index in [1.807, 2.05) is 30.3 Å². The lowest BCUT2D eigenvalue weighted by Gasteiger charge is -2.40. The Morgan fingerprint density at radius 3 is 2.61 bits per heavy atom. The van der Waals surface area contributed by atoms with Crippen molar-refractivity contribution in [1.29, 1.82) is 0 Å². The van der Waals surface area contributed by atoms with Crippen molar-refractivity contribution in [1.82, 2.24) is 15.1 Å². The highest BCUT2D eigenvalue weighted by Gasteiger charge is 2.28. The number of benzene rings is 2. The summed E-state index contributed by atoms with van der Waals surface area (Å²) in [6, 6.07) is 14.3. The zero-order valence-electron chi connectivity index (χ0n) is 16.5. The molecule has 1 amide bonds. The van der Waals surface area contributed by atoms with Gasteiger partial charge in [0.1, 0.15) is 0 Å². The maximum atomic E-state index is 12.7. The van der Waals surface area contributed by atoms with Crippen LogP contribution < -0.4 is 5.32 Å². The average molecular weight is 398 g/mol. The fourth-order valence-electron chi connectivity index (χ4n) is 4.31. The van der Waals surface area contributed by atoms with E-state index in [4.69, 9.17) is 11.6 Å². The van der Waals surface area contributed by atoms with Crippen LogP contribution in [0, 0.1) is 0 Å². The van der Waals surface area contributed by atoms with Gasteiger partial charge in [0.15, 0.2) is 0 Å². The van der Waals surface area contributed by atoms with E-state index in [1.165, 1.54) is 24.0 Å². The minimum absolute atomic E-state index is 0.0135. The SMILES string of the molecule is CN1CCN(C2CCCc3ccc(C(=O)NCc4ccc(Cl)cc4)cc32)CC1. The van der Waals surface area contributed by atoms with Crippen molar-refractivity contribution in [3.8, 4) is 0 Å². The molecule has 1 unspecified atom stereocenters. The number of likely N-dealkylation sites (N-methyl/N-ethyl adjacent to an activating group) is 1. The van der Waals surface area contributed by atoms with Gasteiger partial charge in [0.25, 0.3) is 5.91 Å². The second kappa shape index (κ2) is 8.64. The van der Waals surface area contributed by atoms with Gasteiger partial charge in [0, 0.05) is 49.4 Å². The predicted molar refractivity (Wildman–Crippen MR) is 114 cm³/mol. The van der Waals surface area contributed by atoms with E-state index >= 15 is 0 Å². The molecule has 0 radical (unpaired) electrons. The minimum atomic E-state index is -0.0135. The van der Waals surface area contributed by atoms with Crippen molar-refractivity contribution >= 4 is 17.5 Å². The van der Waals surface area contributed by atoms with Gasteiger partial charge in [-0.25, -0.2) is 0 Å². The van der Waals surface area contributed by atoms with E-state index in [-0.39, 0.29) is 5.91 Å². The second-order valence-electron chi connectivity index (χ2n) is 7.97. The van der Waals surface area contributed by atoms with E-state index in [0.717, 1.165) is 43.7 Å². The molecule has 148 valence electrons. The van der Waals surface area contributed by atoms with Crippen LogP contribution in [0.15, 0.2) is 42.5 Å². The topological polar surface area (TPSA) is 35.6 Å². The Kier molecular flexibility index (Phi) is 6.00. The summed E-state index contributed by atoms with van der Waals surface area (Å²) >= 11 is 5.93. The predicted octanol–water partition coefficient (Wildman–Crippen LogP) is 3.89. The Labute approximate surface area is 172 Å². The summed E-state index contributed by atoms with van der Waals surface area (Å²) in [7, 11) is 2.19. The standard InChI is InChI=1S/C23H28ClN3O/c1-26-11-13-27(14-12-26)22-4-2-3-18-7-8-19(15-21(18)22)23(28)25-16-17-5-9-20(24)10-6-17/h5-10,15,22H,2-4,11-14,16H2,1H3,(H,25,28). The number of nitrogens with one attached hydrogen (secondary N) is 1. The van der Waals surface area contributed by atoms with Crippen LogP contribution in [0.2, 0.25) is 5.02 Å². The third-order valence-corrected chi connectivity index (χ3v) is 6.29. The number of aryl methyl sites for hydroxylation is 1. The Morgan fingerprint density at radius 2 is 1.86 bits per heavy atom. The molecule has 1 saturated heterocycles. The van der Waals surface area contributed by atoms with Crippen LogP contribution in [0.25, 0.3) is 0 Å². The number of piperazine rings is 1. The van der Waals surface area contributed by atoms with E-state index in [2.05, 4.69) is 34.3 Å². The molecule has 1 N–H and O–H groups in total. The lowest BCUT2D eigenvalue weighted by molar-refractivity contribution is 0.0947. The molecule has 4 rings (SSSR count). The molecule has 1 atom stereocenters. The summed E-state index contributed by atoms with van der Waals surface area (Å²) in [6.07, 6.45) is 3.53. The quantitative estimate of drug-likeness (QED) is 0.849. The molecule has 4 nitrogen and oxygen atoms in total. The number of nitrogens with zero attached hydrogens (tertiary/aromatic N) is 2. The molecule has 0 saturated carbocycles. The van der Waals surface area contributed by atoms with Crippen LogP contribution in [0.3, 0.4) is 0 Å². The molecule has 1 aliphatic carbocycles. The van der Waals surface area contributed by atoms with Crippen LogP contribution in [-0.4, -0.2) is 48.9 Å². The molecule has 2 aliphatic rings. The number of amides is 1. The number of fused-ring (bicyclic) bond motifs is 1. The van der Waals surface area contributed by atoms with Gasteiger partial charge in [0.05, 0.1) is 0 Å². The molecule has 0 bridgehead atoms. The van der Waals surface area contributed by atoms with Crippen molar-refractivity contribution in [2.75, 3.05) is 33.2 Å². The van der Waals surface area contributed by atoms with Crippen LogP contribution in [0.4, 0.5) is 0 Å². The van der Waals surface area contributed by atoms with E-state index in [0.29, 0.717) is 17.6 Å². The average Bonchev–Trinajstić information content (AvgIpc) is 2.73. The van der Waals surface area contributed by atoms with Gasteiger partial charge in [0.2, 0.25) is 0 Å². The van der Waals surface area contributed by atoms with Crippen molar-refractivity contribution in [3.05, 3.63) is 69.7 Å². The largest absolute Gasteiger partial charge is 0.348 e. The van der Waals surface area contributed by atoms with E-state index < -0.39 is 0 Å². The summed E-state index contributed by atoms with van der Waals surface area (Å²) in [5.41, 5.74) is 4.57. The lowest BCUT2D eigenvalue weighted by atomic mass is 9.85. The Balaban J connectivity index is 1.47. The van der Waals surface area contributed by atoms with Gasteiger partial charge in [-0.05, 0) is 67.3 Å². The zero-order valence-corrected chi connectivity index (χ0v) is 17.2. The highest BCUT2D eigenvalue weighted by atomic mass is 35.5. The van der Waals surface area contributed by atoms with Gasteiger partial charge < -0.3 is 10.2 Å². The van der Waals surface area contributed by atoms with Crippen molar-refractivity contribution in [2.45, 2.75) is 31.8 Å². The first-order chi connectivity index (χ1) is 13.6. The summed E-state index contributed by atoms with van der Waals surface area (Å²) < 4.78 is 0. The molecule has 2 aromatic carbocycles. The third-order valence-electron chi connectivity index (χ3n) is 6.04. The van der Waals surface area contributed by atoms with Crippen LogP contribution in [-0.2, 0) is 13.0 Å². The first kappa shape index (κ1) is 19.4. The van der Waals surface area contributed by atoms with E-state index in [1.54, 1.807) is 0 Å². The molecular formula is C23H28ClN3O. The Morgan fingerprint density at radius 1 is 1.11 bits per heavy atom. The number of carbonyl (C=O) groups excluding carboxylic acids is 1. The van der Waals surface area contributed by atoms with Crippen LogP contribution in [0.1, 0.15) is 45.9 Å². The molecule has 1 fully saturated rings. The first-order valence-corrected chi connectivity index (χ1v) is 10.6. The molecule has 1 aliphatic heterocycles. The fourth-order valence-corrected chi connectivity index (χ4v) is 4.44. The zero-order chi connectivity index (χ0) is 19.5. The molecule has 5 heteroatoms. The number of rotatable bonds is 4. The normalized spacial score (nSPS) is 20.6. The van der Waals surface area contributed by atoms with Crippen LogP contribution >= 0.6 is 11.6 Å². The molecule has 0 aromatic heterocycles. The highest BCUT2D eigenvalue weighted by molar-refractivity contribution is 6.30. The molecule has 28 heavy (non-hydrogen) atoms. The first-order valence-electron chi connectivity index (χ1n) is 10.2. The number of carbonyl (C=O) groups is 1. The van der Waals surface area contributed by atoms with Gasteiger partial charge in [-0.15, -0.1) is 0 Å². The summed E-state index contributed by atoms with van der Waals surface area (Å²) in [5, 5.41) is 3.75. The lowest BCUT2D eigenvalue weighted by Crippen LogP contribution is -2.46. The summed E-state index contributed by atoms with van der Waals surface area (Å²) in [6.45, 7) is 4.95. The number of halogens is 1. The minimum Gasteiger partial charge on any atom is -0.348 e. The maximum absolute atomic E-state index is 12.7. The van der Waals surface area contributed by atoms with Crippen LogP contribution in [0.5, 0.6) is 0 Å².